The third-order valence-electron chi connectivity index (χ3n) is 3.83. The Labute approximate surface area is 137 Å². The Morgan fingerprint density at radius 2 is 1.96 bits per heavy atom. The van der Waals surface area contributed by atoms with Gasteiger partial charge in [0.2, 0.25) is 5.91 Å². The number of carbonyl (C=O) groups excluding carboxylic acids is 1. The number of nitrogens with zero attached hydrogens (tertiary/aromatic N) is 3. The predicted octanol–water partition coefficient (Wildman–Crippen LogP) is 0.581. The summed E-state index contributed by atoms with van der Waals surface area (Å²) in [5.41, 5.74) is 2.25. The summed E-state index contributed by atoms with van der Waals surface area (Å²) in [6.45, 7) is 7.10. The summed E-state index contributed by atoms with van der Waals surface area (Å²) >= 11 is 0. The normalized spacial score (nSPS) is 14.7. The first kappa shape index (κ1) is 17.3. The largest absolute Gasteiger partial charge is 0.356 e. The molecule has 0 spiro atoms. The number of carbonyl (C=O) groups is 1. The summed E-state index contributed by atoms with van der Waals surface area (Å²) in [6, 6.07) is 2.09. The van der Waals surface area contributed by atoms with Crippen LogP contribution in [0.4, 0.5) is 0 Å². The molecule has 23 heavy (non-hydrogen) atoms. The molecule has 1 fully saturated rings. The van der Waals surface area contributed by atoms with Crippen molar-refractivity contribution in [1.82, 2.24) is 25.7 Å². The molecule has 1 amide bonds. The summed E-state index contributed by atoms with van der Waals surface area (Å²) in [7, 11) is 1.75. The van der Waals surface area contributed by atoms with Crippen LogP contribution in [0.1, 0.15) is 30.7 Å². The maximum absolute atomic E-state index is 11.5. The van der Waals surface area contributed by atoms with Crippen LogP contribution in [0.15, 0.2) is 11.1 Å². The first-order valence-electron chi connectivity index (χ1n) is 8.33. The van der Waals surface area contributed by atoms with Crippen LogP contribution in [0.3, 0.4) is 0 Å². The number of aryl methyl sites for hydroxylation is 3. The lowest BCUT2D eigenvalue weighted by Gasteiger charge is -2.12. The molecular weight excluding hydrogens is 292 g/mol. The number of aromatic nitrogens is 2. The maximum Gasteiger partial charge on any atom is 0.223 e. The van der Waals surface area contributed by atoms with Crippen molar-refractivity contribution in [3.05, 3.63) is 17.5 Å². The molecule has 128 valence electrons. The standard InChI is InChI=1S/C16H28N6O/c1-12-11-13(2)22(21-12)10-4-7-19-16(17-3)20-9-8-18-15(23)14-5-6-14/h11,14H,4-10H2,1-3H3,(H,18,23)(H2,17,19,20). The Balaban J connectivity index is 1.55. The summed E-state index contributed by atoms with van der Waals surface area (Å²) in [4.78, 5) is 15.7. The molecule has 0 radical (unpaired) electrons. The Bertz CT molecular complexity index is 547. The topological polar surface area (TPSA) is 83.3 Å². The van der Waals surface area contributed by atoms with E-state index in [1.165, 1.54) is 5.69 Å². The smallest absolute Gasteiger partial charge is 0.223 e. The van der Waals surface area contributed by atoms with Crippen LogP contribution >= 0.6 is 0 Å². The average molecular weight is 320 g/mol. The molecule has 0 saturated heterocycles. The van der Waals surface area contributed by atoms with Crippen LogP contribution in [0.25, 0.3) is 0 Å². The van der Waals surface area contributed by atoms with Crippen LogP contribution in [-0.2, 0) is 11.3 Å². The first-order valence-corrected chi connectivity index (χ1v) is 8.33. The van der Waals surface area contributed by atoms with Crippen LogP contribution in [-0.4, -0.2) is 48.3 Å². The second kappa shape index (κ2) is 8.55. The van der Waals surface area contributed by atoms with Gasteiger partial charge in [0.15, 0.2) is 5.96 Å². The highest BCUT2D eigenvalue weighted by Gasteiger charge is 2.28. The maximum atomic E-state index is 11.5. The van der Waals surface area contributed by atoms with E-state index in [2.05, 4.69) is 39.0 Å². The SMILES string of the molecule is CN=C(NCCCn1nc(C)cc1C)NCCNC(=O)C1CC1. The van der Waals surface area contributed by atoms with Gasteiger partial charge in [-0.1, -0.05) is 0 Å². The Hall–Kier alpha value is -2.05. The number of guanidine groups is 1. The van der Waals surface area contributed by atoms with Crippen molar-refractivity contribution in [3.8, 4) is 0 Å². The molecule has 0 aliphatic heterocycles. The van der Waals surface area contributed by atoms with Gasteiger partial charge < -0.3 is 16.0 Å². The quantitative estimate of drug-likeness (QED) is 0.372. The van der Waals surface area contributed by atoms with Crippen LogP contribution in [0.5, 0.6) is 0 Å². The fraction of sp³-hybridized carbons (Fsp3) is 0.688. The average Bonchev–Trinajstić information content (AvgIpc) is 3.32. The summed E-state index contributed by atoms with van der Waals surface area (Å²) in [5, 5.41) is 13.8. The molecular formula is C16H28N6O. The minimum Gasteiger partial charge on any atom is -0.356 e. The van der Waals surface area contributed by atoms with E-state index in [0.29, 0.717) is 13.1 Å². The predicted molar refractivity (Wildman–Crippen MR) is 91.4 cm³/mol. The van der Waals surface area contributed by atoms with Gasteiger partial charge in [0, 0.05) is 44.8 Å². The molecule has 7 nitrogen and oxygen atoms in total. The van der Waals surface area contributed by atoms with Crippen LogP contribution < -0.4 is 16.0 Å². The van der Waals surface area contributed by atoms with Gasteiger partial charge in [0.1, 0.15) is 0 Å². The lowest BCUT2D eigenvalue weighted by molar-refractivity contribution is -0.122. The third kappa shape index (κ3) is 5.92. The Morgan fingerprint density at radius 3 is 2.57 bits per heavy atom. The van der Waals surface area contributed by atoms with Crippen LogP contribution in [0, 0.1) is 19.8 Å². The van der Waals surface area contributed by atoms with Crippen molar-refractivity contribution < 1.29 is 4.79 Å². The molecule has 1 saturated carbocycles. The van der Waals surface area contributed by atoms with E-state index in [1.807, 2.05) is 11.6 Å². The summed E-state index contributed by atoms with van der Waals surface area (Å²) < 4.78 is 2.03. The molecule has 0 atom stereocenters. The van der Waals surface area contributed by atoms with Crippen molar-refractivity contribution in [1.29, 1.82) is 0 Å². The molecule has 0 unspecified atom stereocenters. The zero-order valence-corrected chi connectivity index (χ0v) is 14.4. The molecule has 2 rings (SSSR count). The fourth-order valence-corrected chi connectivity index (χ4v) is 2.41. The van der Waals surface area contributed by atoms with E-state index in [1.54, 1.807) is 7.05 Å². The molecule has 3 N–H and O–H groups in total. The number of nitrogens with one attached hydrogen (secondary N) is 3. The van der Waals surface area contributed by atoms with Gasteiger partial charge in [-0.3, -0.25) is 14.5 Å². The zero-order chi connectivity index (χ0) is 16.7. The molecule has 1 aliphatic rings. The molecule has 1 aromatic heterocycles. The molecule has 0 aromatic carbocycles. The number of amides is 1. The van der Waals surface area contributed by atoms with E-state index in [-0.39, 0.29) is 11.8 Å². The van der Waals surface area contributed by atoms with Crippen molar-refractivity contribution in [3.63, 3.8) is 0 Å². The van der Waals surface area contributed by atoms with Gasteiger partial charge in [-0.25, -0.2) is 0 Å². The number of hydrogen-bond acceptors (Lipinski definition) is 3. The zero-order valence-electron chi connectivity index (χ0n) is 14.4. The van der Waals surface area contributed by atoms with Gasteiger partial charge in [0.05, 0.1) is 5.69 Å². The van der Waals surface area contributed by atoms with Gasteiger partial charge in [0.25, 0.3) is 0 Å². The molecule has 0 bridgehead atoms. The second-order valence-corrected chi connectivity index (χ2v) is 5.99. The summed E-state index contributed by atoms with van der Waals surface area (Å²) in [5.74, 6) is 1.21. The van der Waals surface area contributed by atoms with Gasteiger partial charge in [-0.15, -0.1) is 0 Å². The number of hydrogen-bond donors (Lipinski definition) is 3. The van der Waals surface area contributed by atoms with Crippen LogP contribution in [0.2, 0.25) is 0 Å². The minimum absolute atomic E-state index is 0.180. The lowest BCUT2D eigenvalue weighted by Crippen LogP contribution is -2.42. The van der Waals surface area contributed by atoms with E-state index in [4.69, 9.17) is 0 Å². The first-order chi connectivity index (χ1) is 11.1. The van der Waals surface area contributed by atoms with Crippen molar-refractivity contribution in [2.75, 3.05) is 26.7 Å². The van der Waals surface area contributed by atoms with Crippen molar-refractivity contribution >= 4 is 11.9 Å². The van der Waals surface area contributed by atoms with Gasteiger partial charge >= 0.3 is 0 Å². The summed E-state index contributed by atoms with van der Waals surface area (Å²) in [6.07, 6.45) is 3.05. The highest BCUT2D eigenvalue weighted by molar-refractivity contribution is 5.81. The highest BCUT2D eigenvalue weighted by atomic mass is 16.2. The lowest BCUT2D eigenvalue weighted by atomic mass is 10.4. The monoisotopic (exact) mass is 320 g/mol. The Kier molecular flexibility index (Phi) is 6.43. The molecule has 1 aromatic rings. The fourth-order valence-electron chi connectivity index (χ4n) is 2.41. The van der Waals surface area contributed by atoms with E-state index < -0.39 is 0 Å². The second-order valence-electron chi connectivity index (χ2n) is 5.99. The van der Waals surface area contributed by atoms with Crippen molar-refractivity contribution in [2.45, 2.75) is 39.7 Å². The minimum atomic E-state index is 0.180. The van der Waals surface area contributed by atoms with E-state index >= 15 is 0 Å². The van der Waals surface area contributed by atoms with Gasteiger partial charge in [-0.05, 0) is 39.2 Å². The number of rotatable bonds is 8. The van der Waals surface area contributed by atoms with Crippen molar-refractivity contribution in [2.24, 2.45) is 10.9 Å². The van der Waals surface area contributed by atoms with Gasteiger partial charge in [-0.2, -0.15) is 5.10 Å². The third-order valence-corrected chi connectivity index (χ3v) is 3.83. The number of aliphatic imine (C=N–C) groups is 1. The highest BCUT2D eigenvalue weighted by Crippen LogP contribution is 2.28. The van der Waals surface area contributed by atoms with E-state index in [0.717, 1.165) is 44.0 Å². The molecule has 7 heteroatoms. The van der Waals surface area contributed by atoms with E-state index in [9.17, 15) is 4.79 Å². The molecule has 1 heterocycles. The molecule has 1 aliphatic carbocycles. The Morgan fingerprint density at radius 1 is 1.26 bits per heavy atom.